The monoisotopic (exact) mass is 259 g/mol. The average Bonchev–Trinajstić information content (AvgIpc) is 2.87. The fourth-order valence-electron chi connectivity index (χ4n) is 1.87. The van der Waals surface area contributed by atoms with Crippen LogP contribution < -0.4 is 0 Å². The molecule has 0 spiro atoms. The van der Waals surface area contributed by atoms with E-state index in [1.54, 1.807) is 4.68 Å². The van der Waals surface area contributed by atoms with Crippen molar-refractivity contribution < 1.29 is 9.90 Å². The van der Waals surface area contributed by atoms with E-state index in [0.29, 0.717) is 13.1 Å². The summed E-state index contributed by atoms with van der Waals surface area (Å²) in [5.41, 5.74) is 1.86. The van der Waals surface area contributed by atoms with E-state index in [2.05, 4.69) is 5.10 Å². The predicted octanol–water partition coefficient (Wildman–Crippen LogP) is 1.78. The smallest absolute Gasteiger partial charge is 0.317 e. The van der Waals surface area contributed by atoms with E-state index in [-0.39, 0.29) is 6.54 Å². The minimum Gasteiger partial charge on any atom is -0.480 e. The van der Waals surface area contributed by atoms with E-state index in [1.165, 1.54) is 0 Å². The number of hydrogen-bond donors (Lipinski definition) is 1. The van der Waals surface area contributed by atoms with Crippen molar-refractivity contribution in [1.82, 2.24) is 14.7 Å². The molecule has 0 amide bonds. The lowest BCUT2D eigenvalue weighted by atomic mass is 10.3. The van der Waals surface area contributed by atoms with Gasteiger partial charge in [0.2, 0.25) is 0 Å². The number of hydrogen-bond acceptors (Lipinski definition) is 3. The minimum atomic E-state index is -0.815. The van der Waals surface area contributed by atoms with Crippen molar-refractivity contribution in [3.05, 3.63) is 48.3 Å². The van der Waals surface area contributed by atoms with Crippen LogP contribution in [0.4, 0.5) is 0 Å². The molecule has 0 aliphatic carbocycles. The number of benzene rings is 1. The lowest BCUT2D eigenvalue weighted by molar-refractivity contribution is -0.138. The molecule has 0 radical (unpaired) electrons. The third kappa shape index (κ3) is 3.66. The van der Waals surface area contributed by atoms with Crippen molar-refractivity contribution in [2.45, 2.75) is 13.5 Å². The largest absolute Gasteiger partial charge is 0.480 e. The number of rotatable bonds is 6. The van der Waals surface area contributed by atoms with E-state index in [1.807, 2.05) is 54.4 Å². The first kappa shape index (κ1) is 13.3. The number of para-hydroxylation sites is 1. The van der Waals surface area contributed by atoms with Crippen LogP contribution in [-0.2, 0) is 11.3 Å². The Morgan fingerprint density at radius 1 is 1.32 bits per heavy atom. The van der Waals surface area contributed by atoms with Gasteiger partial charge in [0.05, 0.1) is 17.9 Å². The normalized spacial score (nSPS) is 10.8. The van der Waals surface area contributed by atoms with Gasteiger partial charge in [0.1, 0.15) is 0 Å². The second-order valence-electron chi connectivity index (χ2n) is 4.28. The van der Waals surface area contributed by atoms with Crippen LogP contribution in [0.3, 0.4) is 0 Å². The molecule has 1 heterocycles. The SMILES string of the molecule is CCN(CC(=O)O)Cc1ccn(-c2ccccc2)n1. The summed E-state index contributed by atoms with van der Waals surface area (Å²) in [6.45, 7) is 3.21. The Hall–Kier alpha value is -2.14. The maximum atomic E-state index is 10.7. The van der Waals surface area contributed by atoms with Gasteiger partial charge in [-0.1, -0.05) is 25.1 Å². The van der Waals surface area contributed by atoms with Crippen molar-refractivity contribution in [1.29, 1.82) is 0 Å². The third-order valence-electron chi connectivity index (χ3n) is 2.86. The van der Waals surface area contributed by atoms with Crippen molar-refractivity contribution in [3.8, 4) is 5.69 Å². The van der Waals surface area contributed by atoms with Gasteiger partial charge in [-0.25, -0.2) is 4.68 Å². The van der Waals surface area contributed by atoms with E-state index >= 15 is 0 Å². The number of nitrogens with zero attached hydrogens (tertiary/aromatic N) is 3. The van der Waals surface area contributed by atoms with Crippen LogP contribution in [-0.4, -0.2) is 38.8 Å². The maximum Gasteiger partial charge on any atom is 0.317 e. The summed E-state index contributed by atoms with van der Waals surface area (Å²) in [5.74, 6) is -0.815. The van der Waals surface area contributed by atoms with Gasteiger partial charge in [0.25, 0.3) is 0 Å². The highest BCUT2D eigenvalue weighted by atomic mass is 16.4. The molecular formula is C14H17N3O2. The van der Waals surface area contributed by atoms with Crippen LogP contribution in [0, 0.1) is 0 Å². The summed E-state index contributed by atoms with van der Waals surface area (Å²) in [6.07, 6.45) is 1.89. The van der Waals surface area contributed by atoms with Crippen LogP contribution in [0.25, 0.3) is 5.69 Å². The van der Waals surface area contributed by atoms with E-state index in [0.717, 1.165) is 11.4 Å². The Balaban J connectivity index is 2.07. The van der Waals surface area contributed by atoms with Gasteiger partial charge in [-0.15, -0.1) is 0 Å². The molecule has 1 aromatic heterocycles. The van der Waals surface area contributed by atoms with Crippen molar-refractivity contribution in [2.75, 3.05) is 13.1 Å². The lowest BCUT2D eigenvalue weighted by Crippen LogP contribution is -2.29. The Labute approximate surface area is 112 Å². The maximum absolute atomic E-state index is 10.7. The van der Waals surface area contributed by atoms with Crippen molar-refractivity contribution in [2.24, 2.45) is 0 Å². The van der Waals surface area contributed by atoms with Crippen LogP contribution in [0.5, 0.6) is 0 Å². The summed E-state index contributed by atoms with van der Waals surface area (Å²) in [6, 6.07) is 11.7. The van der Waals surface area contributed by atoms with Crippen LogP contribution >= 0.6 is 0 Å². The van der Waals surface area contributed by atoms with Gasteiger partial charge in [-0.05, 0) is 24.7 Å². The van der Waals surface area contributed by atoms with Gasteiger partial charge >= 0.3 is 5.97 Å². The molecule has 0 aliphatic rings. The Kier molecular flexibility index (Phi) is 4.30. The first-order valence-corrected chi connectivity index (χ1v) is 6.23. The van der Waals surface area contributed by atoms with E-state index in [9.17, 15) is 4.79 Å². The number of carbonyl (C=O) groups is 1. The fraction of sp³-hybridized carbons (Fsp3) is 0.286. The first-order valence-electron chi connectivity index (χ1n) is 6.23. The molecule has 0 saturated heterocycles. The van der Waals surface area contributed by atoms with Crippen LogP contribution in [0.1, 0.15) is 12.6 Å². The predicted molar refractivity (Wildman–Crippen MR) is 72.2 cm³/mol. The Morgan fingerprint density at radius 2 is 2.05 bits per heavy atom. The van der Waals surface area contributed by atoms with Gasteiger partial charge in [-0.3, -0.25) is 9.69 Å². The molecule has 5 nitrogen and oxygen atoms in total. The molecule has 5 heteroatoms. The molecule has 0 fully saturated rings. The molecular weight excluding hydrogens is 242 g/mol. The fourth-order valence-corrected chi connectivity index (χ4v) is 1.87. The zero-order chi connectivity index (χ0) is 13.7. The van der Waals surface area contributed by atoms with Gasteiger partial charge in [0.15, 0.2) is 0 Å². The minimum absolute atomic E-state index is 0.0364. The number of carboxylic acid groups (broad SMARTS) is 1. The summed E-state index contributed by atoms with van der Waals surface area (Å²) in [5, 5.41) is 13.3. The summed E-state index contributed by atoms with van der Waals surface area (Å²) >= 11 is 0. The summed E-state index contributed by atoms with van der Waals surface area (Å²) in [4.78, 5) is 12.6. The molecule has 1 N–H and O–H groups in total. The lowest BCUT2D eigenvalue weighted by Gasteiger charge is -2.16. The average molecular weight is 259 g/mol. The Morgan fingerprint density at radius 3 is 2.68 bits per heavy atom. The zero-order valence-corrected chi connectivity index (χ0v) is 10.9. The standard InChI is InChI=1S/C14H17N3O2/c1-2-16(11-14(18)19)10-12-8-9-17(15-12)13-6-4-3-5-7-13/h3-9H,2,10-11H2,1H3,(H,18,19). The molecule has 100 valence electrons. The zero-order valence-electron chi connectivity index (χ0n) is 10.9. The van der Waals surface area contributed by atoms with Crippen molar-refractivity contribution in [3.63, 3.8) is 0 Å². The van der Waals surface area contributed by atoms with E-state index < -0.39 is 5.97 Å². The molecule has 1 aromatic carbocycles. The summed E-state index contributed by atoms with van der Waals surface area (Å²) < 4.78 is 1.80. The molecule has 2 aromatic rings. The second kappa shape index (κ2) is 6.15. The first-order chi connectivity index (χ1) is 9.19. The number of aromatic nitrogens is 2. The number of likely N-dealkylation sites (N-methyl/N-ethyl adjacent to an activating group) is 1. The highest BCUT2D eigenvalue weighted by molar-refractivity contribution is 5.69. The number of carboxylic acids is 1. The molecule has 2 rings (SSSR count). The molecule has 0 saturated carbocycles. The quantitative estimate of drug-likeness (QED) is 0.859. The van der Waals surface area contributed by atoms with Gasteiger partial charge < -0.3 is 5.11 Å². The second-order valence-corrected chi connectivity index (χ2v) is 4.28. The summed E-state index contributed by atoms with van der Waals surface area (Å²) in [7, 11) is 0. The topological polar surface area (TPSA) is 58.4 Å². The molecule has 0 atom stereocenters. The Bertz CT molecular complexity index is 537. The van der Waals surface area contributed by atoms with Gasteiger partial charge in [-0.2, -0.15) is 5.10 Å². The van der Waals surface area contributed by atoms with Crippen molar-refractivity contribution >= 4 is 5.97 Å². The third-order valence-corrected chi connectivity index (χ3v) is 2.86. The molecule has 0 unspecified atom stereocenters. The molecule has 19 heavy (non-hydrogen) atoms. The van der Waals surface area contributed by atoms with E-state index in [4.69, 9.17) is 5.11 Å². The van der Waals surface area contributed by atoms with Gasteiger partial charge in [0, 0.05) is 12.7 Å². The molecule has 0 aliphatic heterocycles. The van der Waals surface area contributed by atoms with Crippen LogP contribution in [0.15, 0.2) is 42.6 Å². The number of aliphatic carboxylic acids is 1. The van der Waals surface area contributed by atoms with Crippen LogP contribution in [0.2, 0.25) is 0 Å². The highest BCUT2D eigenvalue weighted by Gasteiger charge is 2.10. The molecule has 0 bridgehead atoms. The highest BCUT2D eigenvalue weighted by Crippen LogP contribution is 2.08.